The van der Waals surface area contributed by atoms with Gasteiger partial charge in [-0.25, -0.2) is 9.98 Å². The van der Waals surface area contributed by atoms with Gasteiger partial charge in [0, 0.05) is 51.3 Å². The molecule has 6 heteroatoms. The van der Waals surface area contributed by atoms with Gasteiger partial charge in [0.1, 0.15) is 22.7 Å². The number of fused-ring (bicyclic) bond motifs is 6. The van der Waals surface area contributed by atoms with E-state index in [9.17, 15) is 0 Å². The number of aryl methyl sites for hydroxylation is 1. The molecule has 0 saturated carbocycles. The van der Waals surface area contributed by atoms with Crippen LogP contribution in [-0.2, 0) is 32.0 Å². The average molecular weight is 809 g/mol. The van der Waals surface area contributed by atoms with E-state index >= 15 is 0 Å². The topological polar surface area (TPSA) is 61.5 Å². The van der Waals surface area contributed by atoms with Crippen molar-refractivity contribution in [2.75, 3.05) is 0 Å². The normalized spacial score (nSPS) is 19.8. The summed E-state index contributed by atoms with van der Waals surface area (Å²) in [4.78, 5) is 15.3. The number of hydrogen-bond acceptors (Lipinski definition) is 5. The predicted octanol–water partition coefficient (Wildman–Crippen LogP) is 14.0. The zero-order valence-electron chi connectivity index (χ0n) is 38.5. The molecule has 1 aliphatic carbocycles. The van der Waals surface area contributed by atoms with Crippen molar-refractivity contribution in [3.05, 3.63) is 148 Å². The first-order chi connectivity index (χ1) is 28.5. The molecule has 1 aliphatic heterocycles. The van der Waals surface area contributed by atoms with Gasteiger partial charge in [-0.3, -0.25) is 9.55 Å². The standard InChI is InChI=1S/C55H60N4O2/c1-33-20-21-46-42(24-33)41-18-17-23-57-48(41)59(46)38-28-36(50(2,3)4)29-40(32-38)60-39-26-34(45-19-15-16-22-56-45)25-35(27-39)49-58-55(14)53(11,12)47-43(52(8,9)10)30-37(51(5,6)7)31-44(47)54(55,13)61-49/h15-32H,1-14H3/t54-,55+/m0/s1. The maximum Gasteiger partial charge on any atom is 0.217 e. The molecule has 3 aromatic heterocycles. The number of aromatic nitrogens is 3. The van der Waals surface area contributed by atoms with Crippen LogP contribution in [-0.4, -0.2) is 26.0 Å². The van der Waals surface area contributed by atoms with E-state index in [1.165, 1.54) is 33.2 Å². The lowest BCUT2D eigenvalue weighted by atomic mass is 9.67. The number of pyridine rings is 2. The van der Waals surface area contributed by atoms with Crippen LogP contribution in [0.3, 0.4) is 0 Å². The second kappa shape index (κ2) is 13.4. The van der Waals surface area contributed by atoms with Crippen molar-refractivity contribution in [2.24, 2.45) is 4.99 Å². The highest BCUT2D eigenvalue weighted by Crippen LogP contribution is 2.64. The molecule has 0 unspecified atom stereocenters. The summed E-state index contributed by atoms with van der Waals surface area (Å²) in [6.07, 6.45) is 3.70. The van der Waals surface area contributed by atoms with Crippen molar-refractivity contribution >= 4 is 27.8 Å². The third kappa shape index (κ3) is 6.39. The van der Waals surface area contributed by atoms with Crippen LogP contribution in [0.2, 0.25) is 0 Å². The second-order valence-corrected chi connectivity index (χ2v) is 21.5. The van der Waals surface area contributed by atoms with Crippen molar-refractivity contribution < 1.29 is 9.47 Å². The van der Waals surface area contributed by atoms with E-state index in [-0.39, 0.29) is 21.7 Å². The molecule has 2 aliphatic rings. The van der Waals surface area contributed by atoms with Crippen LogP contribution >= 0.6 is 0 Å². The third-order valence-electron chi connectivity index (χ3n) is 13.8. The minimum absolute atomic E-state index is 0.0403. The number of rotatable bonds is 5. The Kier molecular flexibility index (Phi) is 8.91. The number of nitrogens with zero attached hydrogens (tertiary/aromatic N) is 4. The highest BCUT2D eigenvalue weighted by Gasteiger charge is 2.68. The van der Waals surface area contributed by atoms with Crippen molar-refractivity contribution in [1.82, 2.24) is 14.5 Å². The molecule has 2 atom stereocenters. The Bertz CT molecular complexity index is 2930. The van der Waals surface area contributed by atoms with Crippen molar-refractivity contribution in [2.45, 2.75) is 130 Å². The first kappa shape index (κ1) is 40.6. The summed E-state index contributed by atoms with van der Waals surface area (Å²) in [6.45, 7) is 32.0. The van der Waals surface area contributed by atoms with Gasteiger partial charge in [0.05, 0.1) is 16.9 Å². The SMILES string of the molecule is Cc1ccc2c(c1)c1cccnc1n2-c1cc(Oc2cc(C3=N[C@]4(C)C(C)(C)c5c(C(C)(C)C)cc(C(C)(C)C)cc5[C@]4(C)O3)cc(-c3ccccn3)c2)cc(C(C)(C)C)c1. The molecule has 7 aromatic rings. The summed E-state index contributed by atoms with van der Waals surface area (Å²) in [5.74, 6) is 2.02. The average Bonchev–Trinajstić information content (AvgIpc) is 3.72. The van der Waals surface area contributed by atoms with Gasteiger partial charge in [-0.05, 0) is 126 Å². The van der Waals surface area contributed by atoms with Gasteiger partial charge in [0.25, 0.3) is 0 Å². The Morgan fingerprint density at radius 3 is 2.00 bits per heavy atom. The van der Waals surface area contributed by atoms with Crippen molar-refractivity contribution in [3.8, 4) is 28.4 Å². The molecule has 4 aromatic carbocycles. The lowest BCUT2D eigenvalue weighted by Crippen LogP contribution is -2.49. The van der Waals surface area contributed by atoms with Gasteiger partial charge in [-0.1, -0.05) is 106 Å². The van der Waals surface area contributed by atoms with Crippen LogP contribution in [0.5, 0.6) is 11.5 Å². The first-order valence-electron chi connectivity index (χ1n) is 21.7. The number of ether oxygens (including phenoxy) is 2. The Morgan fingerprint density at radius 2 is 1.31 bits per heavy atom. The molecular formula is C55H60N4O2. The molecule has 0 radical (unpaired) electrons. The van der Waals surface area contributed by atoms with Crippen molar-refractivity contribution in [1.29, 1.82) is 0 Å². The summed E-state index contributed by atoms with van der Waals surface area (Å²) in [5, 5.41) is 2.30. The molecule has 0 N–H and O–H groups in total. The van der Waals surface area contributed by atoms with E-state index in [2.05, 4.69) is 174 Å². The van der Waals surface area contributed by atoms with Crippen molar-refractivity contribution in [3.63, 3.8) is 0 Å². The van der Waals surface area contributed by atoms with E-state index in [1.54, 1.807) is 0 Å². The minimum atomic E-state index is -0.713. The molecule has 4 heterocycles. The van der Waals surface area contributed by atoms with Crippen LogP contribution < -0.4 is 4.74 Å². The van der Waals surface area contributed by atoms with Gasteiger partial charge in [-0.15, -0.1) is 0 Å². The van der Waals surface area contributed by atoms with E-state index in [0.29, 0.717) is 11.6 Å². The largest absolute Gasteiger partial charge is 0.464 e. The highest BCUT2D eigenvalue weighted by atomic mass is 16.5. The second-order valence-electron chi connectivity index (χ2n) is 21.5. The summed E-state index contributed by atoms with van der Waals surface area (Å²) >= 11 is 0. The Morgan fingerprint density at radius 1 is 0.623 bits per heavy atom. The molecule has 0 amide bonds. The van der Waals surface area contributed by atoms with E-state index in [1.807, 2.05) is 36.7 Å². The smallest absolute Gasteiger partial charge is 0.217 e. The zero-order valence-corrected chi connectivity index (χ0v) is 38.5. The fourth-order valence-electron chi connectivity index (χ4n) is 9.79. The molecule has 0 saturated heterocycles. The molecule has 61 heavy (non-hydrogen) atoms. The van der Waals surface area contributed by atoms with E-state index in [0.717, 1.165) is 50.4 Å². The molecule has 312 valence electrons. The molecule has 6 nitrogen and oxygen atoms in total. The lowest BCUT2D eigenvalue weighted by Gasteiger charge is -2.40. The predicted molar refractivity (Wildman–Crippen MR) is 252 cm³/mol. The zero-order chi connectivity index (χ0) is 43.7. The Labute approximate surface area is 362 Å². The van der Waals surface area contributed by atoms with Gasteiger partial charge in [0.15, 0.2) is 5.60 Å². The lowest BCUT2D eigenvalue weighted by molar-refractivity contribution is 0.0190. The first-order valence-corrected chi connectivity index (χ1v) is 21.7. The maximum atomic E-state index is 7.34. The summed E-state index contributed by atoms with van der Waals surface area (Å²) in [6, 6.07) is 34.5. The third-order valence-corrected chi connectivity index (χ3v) is 13.8. The van der Waals surface area contributed by atoms with Crippen LogP contribution in [0.4, 0.5) is 0 Å². The Hall–Kier alpha value is -5.75. The summed E-state index contributed by atoms with van der Waals surface area (Å²) in [5.41, 5.74) is 11.4. The molecule has 9 rings (SSSR count). The fraction of sp³-hybridized carbons (Fsp3) is 0.364. The number of benzene rings is 4. The number of aliphatic imine (C=N–C) groups is 1. The number of hydrogen-bond donors (Lipinski definition) is 0. The molecule has 0 spiro atoms. The van der Waals surface area contributed by atoms with Crippen LogP contribution in [0.25, 0.3) is 38.9 Å². The van der Waals surface area contributed by atoms with Crippen LogP contribution in [0, 0.1) is 6.92 Å². The van der Waals surface area contributed by atoms with Gasteiger partial charge >= 0.3 is 0 Å². The Balaban J connectivity index is 1.20. The van der Waals surface area contributed by atoms with E-state index in [4.69, 9.17) is 24.4 Å². The molecule has 0 fully saturated rings. The molecular weight excluding hydrogens is 749 g/mol. The monoisotopic (exact) mass is 808 g/mol. The van der Waals surface area contributed by atoms with E-state index < -0.39 is 11.1 Å². The van der Waals surface area contributed by atoms with Gasteiger partial charge < -0.3 is 9.47 Å². The maximum absolute atomic E-state index is 7.34. The van der Waals surface area contributed by atoms with Crippen LogP contribution in [0.1, 0.15) is 129 Å². The summed E-state index contributed by atoms with van der Waals surface area (Å²) in [7, 11) is 0. The van der Waals surface area contributed by atoms with Crippen LogP contribution in [0.15, 0.2) is 114 Å². The summed E-state index contributed by atoms with van der Waals surface area (Å²) < 4.78 is 16.6. The fourth-order valence-corrected chi connectivity index (χ4v) is 9.79. The molecule has 0 bridgehead atoms. The quantitative estimate of drug-likeness (QED) is 0.174. The minimum Gasteiger partial charge on any atom is -0.464 e. The van der Waals surface area contributed by atoms with Gasteiger partial charge in [-0.2, -0.15) is 0 Å². The highest BCUT2D eigenvalue weighted by molar-refractivity contribution is 6.08. The van der Waals surface area contributed by atoms with Gasteiger partial charge in [0.2, 0.25) is 5.90 Å².